The van der Waals surface area contributed by atoms with E-state index in [1.807, 2.05) is 13.8 Å². The maximum Gasteiger partial charge on any atom is 0.172 e. The molecule has 0 spiro atoms. The molecule has 0 aliphatic heterocycles. The molecule has 1 unspecified atom stereocenters. The standard InChI is InChI=1S/C12H17BrO3/c1-3-5-10(14)8-6-9(13)12(15)11(7-8)16-4-2/h6-7,10,14-15H,3-5H2,1-2H3. The number of rotatable bonds is 5. The van der Waals surface area contributed by atoms with E-state index >= 15 is 0 Å². The zero-order chi connectivity index (χ0) is 12.1. The van der Waals surface area contributed by atoms with Crippen LogP contribution in [-0.4, -0.2) is 16.8 Å². The van der Waals surface area contributed by atoms with Crippen LogP contribution in [0.1, 0.15) is 38.4 Å². The fourth-order valence-corrected chi connectivity index (χ4v) is 1.95. The Morgan fingerprint density at radius 1 is 1.38 bits per heavy atom. The Morgan fingerprint density at radius 2 is 2.06 bits per heavy atom. The van der Waals surface area contributed by atoms with Crippen molar-refractivity contribution < 1.29 is 14.9 Å². The number of aliphatic hydroxyl groups is 1. The Balaban J connectivity index is 3.03. The van der Waals surface area contributed by atoms with Gasteiger partial charge in [0.15, 0.2) is 11.5 Å². The lowest BCUT2D eigenvalue weighted by Gasteiger charge is -2.14. The lowest BCUT2D eigenvalue weighted by atomic mass is 10.0. The predicted octanol–water partition coefficient (Wildman–Crippen LogP) is 3.39. The number of ether oxygens (including phenoxy) is 1. The highest BCUT2D eigenvalue weighted by Gasteiger charge is 2.13. The average Bonchev–Trinajstić information content (AvgIpc) is 2.25. The van der Waals surface area contributed by atoms with Crippen LogP contribution in [0.4, 0.5) is 0 Å². The molecule has 0 saturated carbocycles. The van der Waals surface area contributed by atoms with Crippen LogP contribution in [-0.2, 0) is 0 Å². The molecule has 16 heavy (non-hydrogen) atoms. The Bertz CT molecular complexity index is 352. The van der Waals surface area contributed by atoms with Crippen LogP contribution in [0.25, 0.3) is 0 Å². The SMILES string of the molecule is CCCC(O)c1cc(Br)c(O)c(OCC)c1. The molecule has 0 fully saturated rings. The molecule has 2 N–H and O–H groups in total. The lowest BCUT2D eigenvalue weighted by Crippen LogP contribution is -1.99. The third kappa shape index (κ3) is 3.12. The van der Waals surface area contributed by atoms with Gasteiger partial charge in [0.05, 0.1) is 17.2 Å². The molecule has 3 nitrogen and oxygen atoms in total. The number of hydrogen-bond acceptors (Lipinski definition) is 3. The third-order valence-electron chi connectivity index (χ3n) is 2.30. The Labute approximate surface area is 104 Å². The van der Waals surface area contributed by atoms with Gasteiger partial charge < -0.3 is 14.9 Å². The Hall–Kier alpha value is -0.740. The number of phenols is 1. The summed E-state index contributed by atoms with van der Waals surface area (Å²) in [5, 5.41) is 19.6. The van der Waals surface area contributed by atoms with Crippen molar-refractivity contribution in [2.45, 2.75) is 32.8 Å². The number of aliphatic hydroxyl groups excluding tert-OH is 1. The van der Waals surface area contributed by atoms with Gasteiger partial charge in [0, 0.05) is 0 Å². The largest absolute Gasteiger partial charge is 0.503 e. The minimum Gasteiger partial charge on any atom is -0.503 e. The van der Waals surface area contributed by atoms with Crippen molar-refractivity contribution in [3.8, 4) is 11.5 Å². The molecule has 90 valence electrons. The van der Waals surface area contributed by atoms with E-state index in [1.165, 1.54) is 0 Å². The second kappa shape index (κ2) is 6.11. The number of hydrogen-bond donors (Lipinski definition) is 2. The number of benzene rings is 1. The minimum atomic E-state index is -0.513. The van der Waals surface area contributed by atoms with E-state index in [1.54, 1.807) is 12.1 Å². The van der Waals surface area contributed by atoms with Gasteiger partial charge in [-0.1, -0.05) is 13.3 Å². The van der Waals surface area contributed by atoms with E-state index in [4.69, 9.17) is 4.74 Å². The summed E-state index contributed by atoms with van der Waals surface area (Å²) in [5.74, 6) is 0.483. The molecule has 0 aromatic heterocycles. The quantitative estimate of drug-likeness (QED) is 0.873. The summed E-state index contributed by atoms with van der Waals surface area (Å²) in [4.78, 5) is 0. The molecular weight excluding hydrogens is 272 g/mol. The molecular formula is C12H17BrO3. The molecule has 0 aliphatic carbocycles. The first-order chi connectivity index (χ1) is 7.60. The van der Waals surface area contributed by atoms with Crippen LogP contribution in [0.2, 0.25) is 0 Å². The molecule has 4 heteroatoms. The van der Waals surface area contributed by atoms with Gasteiger partial charge in [-0.3, -0.25) is 0 Å². The van der Waals surface area contributed by atoms with Gasteiger partial charge in [-0.05, 0) is 47.0 Å². The first-order valence-corrected chi connectivity index (χ1v) is 6.22. The number of halogens is 1. The first kappa shape index (κ1) is 13.3. The molecule has 0 heterocycles. The van der Waals surface area contributed by atoms with Crippen molar-refractivity contribution >= 4 is 15.9 Å². The van der Waals surface area contributed by atoms with Crippen LogP contribution in [0.5, 0.6) is 11.5 Å². The molecule has 1 aromatic carbocycles. The maximum atomic E-state index is 9.87. The van der Waals surface area contributed by atoms with Gasteiger partial charge in [-0.25, -0.2) is 0 Å². The molecule has 1 atom stereocenters. The highest BCUT2D eigenvalue weighted by atomic mass is 79.9. The normalized spacial score (nSPS) is 12.5. The Morgan fingerprint density at radius 3 is 2.62 bits per heavy atom. The van der Waals surface area contributed by atoms with E-state index in [2.05, 4.69) is 15.9 Å². The topological polar surface area (TPSA) is 49.7 Å². The predicted molar refractivity (Wildman–Crippen MR) is 66.8 cm³/mol. The average molecular weight is 289 g/mol. The fourth-order valence-electron chi connectivity index (χ4n) is 1.49. The van der Waals surface area contributed by atoms with Crippen molar-refractivity contribution in [1.29, 1.82) is 0 Å². The zero-order valence-corrected chi connectivity index (χ0v) is 11.1. The van der Waals surface area contributed by atoms with Gasteiger partial charge in [0.25, 0.3) is 0 Å². The summed E-state index contributed by atoms with van der Waals surface area (Å²) < 4.78 is 5.84. The van der Waals surface area contributed by atoms with Crippen molar-refractivity contribution in [2.75, 3.05) is 6.61 Å². The van der Waals surface area contributed by atoms with Crippen LogP contribution < -0.4 is 4.74 Å². The minimum absolute atomic E-state index is 0.0781. The summed E-state index contributed by atoms with van der Waals surface area (Å²) in [6, 6.07) is 3.40. The van der Waals surface area contributed by atoms with Crippen molar-refractivity contribution in [3.05, 3.63) is 22.2 Å². The fraction of sp³-hybridized carbons (Fsp3) is 0.500. The second-order valence-corrected chi connectivity index (χ2v) is 4.44. The van der Waals surface area contributed by atoms with E-state index in [9.17, 15) is 10.2 Å². The summed E-state index contributed by atoms with van der Waals surface area (Å²) in [7, 11) is 0. The molecule has 1 rings (SSSR count). The van der Waals surface area contributed by atoms with Crippen molar-refractivity contribution in [1.82, 2.24) is 0 Å². The zero-order valence-electron chi connectivity index (χ0n) is 9.53. The van der Waals surface area contributed by atoms with Gasteiger partial charge in [0.1, 0.15) is 0 Å². The van der Waals surface area contributed by atoms with Crippen molar-refractivity contribution in [2.24, 2.45) is 0 Å². The van der Waals surface area contributed by atoms with E-state index in [-0.39, 0.29) is 5.75 Å². The molecule has 0 saturated heterocycles. The Kier molecular flexibility index (Phi) is 5.09. The van der Waals surface area contributed by atoms with Gasteiger partial charge in [-0.15, -0.1) is 0 Å². The van der Waals surface area contributed by atoms with E-state index in [0.717, 1.165) is 12.0 Å². The highest BCUT2D eigenvalue weighted by molar-refractivity contribution is 9.10. The number of aromatic hydroxyl groups is 1. The summed E-state index contributed by atoms with van der Waals surface area (Å²) in [5.41, 5.74) is 0.759. The van der Waals surface area contributed by atoms with Crippen molar-refractivity contribution in [3.63, 3.8) is 0 Å². The monoisotopic (exact) mass is 288 g/mol. The van der Waals surface area contributed by atoms with Crippen LogP contribution >= 0.6 is 15.9 Å². The first-order valence-electron chi connectivity index (χ1n) is 5.43. The molecule has 1 aromatic rings. The van der Waals surface area contributed by atoms with Crippen LogP contribution in [0, 0.1) is 0 Å². The van der Waals surface area contributed by atoms with Gasteiger partial charge >= 0.3 is 0 Å². The summed E-state index contributed by atoms with van der Waals surface area (Å²) in [6.45, 7) is 4.35. The maximum absolute atomic E-state index is 9.87. The molecule has 0 amide bonds. The lowest BCUT2D eigenvalue weighted by molar-refractivity contribution is 0.165. The smallest absolute Gasteiger partial charge is 0.172 e. The van der Waals surface area contributed by atoms with Crippen LogP contribution in [0.15, 0.2) is 16.6 Å². The van der Waals surface area contributed by atoms with Gasteiger partial charge in [0.2, 0.25) is 0 Å². The van der Waals surface area contributed by atoms with E-state index < -0.39 is 6.10 Å². The summed E-state index contributed by atoms with van der Waals surface area (Å²) in [6.07, 6.45) is 1.09. The number of phenolic OH excluding ortho intramolecular Hbond substituents is 1. The third-order valence-corrected chi connectivity index (χ3v) is 2.90. The highest BCUT2D eigenvalue weighted by Crippen LogP contribution is 2.37. The van der Waals surface area contributed by atoms with Gasteiger partial charge in [-0.2, -0.15) is 0 Å². The molecule has 0 bridgehead atoms. The summed E-state index contributed by atoms with van der Waals surface area (Å²) >= 11 is 3.25. The van der Waals surface area contributed by atoms with Crippen LogP contribution in [0.3, 0.4) is 0 Å². The second-order valence-electron chi connectivity index (χ2n) is 3.59. The molecule has 0 aliphatic rings. The molecule has 0 radical (unpaired) electrons. The van der Waals surface area contributed by atoms with E-state index in [0.29, 0.717) is 23.2 Å².